The molecule has 0 radical (unpaired) electrons. The topological polar surface area (TPSA) is 79.5 Å². The Morgan fingerprint density at radius 1 is 0.759 bits per heavy atom. The first-order valence-electron chi connectivity index (χ1n) is 9.07. The van der Waals surface area contributed by atoms with Crippen molar-refractivity contribution >= 4 is 36.5 Å². The van der Waals surface area contributed by atoms with Crippen LogP contribution in [0.2, 0.25) is 0 Å². The molecule has 9 heteroatoms. The van der Waals surface area contributed by atoms with Crippen molar-refractivity contribution in [3.05, 3.63) is 65.9 Å². The van der Waals surface area contributed by atoms with E-state index in [1.807, 2.05) is 18.3 Å². The van der Waals surface area contributed by atoms with E-state index in [1.165, 1.54) is 0 Å². The first-order chi connectivity index (χ1) is 13.4. The van der Waals surface area contributed by atoms with Crippen molar-refractivity contribution in [2.24, 2.45) is 9.98 Å². The van der Waals surface area contributed by atoms with E-state index in [0.717, 1.165) is 65.9 Å². The average Bonchev–Trinajstić information content (AvgIpc) is 3.51. The third kappa shape index (κ3) is 4.26. The molecule has 0 aliphatic carbocycles. The van der Waals surface area contributed by atoms with Crippen LogP contribution in [-0.2, 0) is 0 Å². The van der Waals surface area contributed by atoms with Crippen LogP contribution < -0.4 is 10.6 Å². The van der Waals surface area contributed by atoms with E-state index >= 15 is 0 Å². The first kappa shape index (κ1) is 20.8. The summed E-state index contributed by atoms with van der Waals surface area (Å²) in [5.74, 6) is 1.90. The Morgan fingerprint density at radius 3 is 2.07 bits per heavy atom. The summed E-state index contributed by atoms with van der Waals surface area (Å²) in [6.07, 6.45) is 1.95. The number of aliphatic imine (C=N–C) groups is 2. The molecule has 0 saturated carbocycles. The van der Waals surface area contributed by atoms with Crippen LogP contribution >= 0.6 is 24.8 Å². The third-order valence-electron chi connectivity index (χ3n) is 4.68. The zero-order valence-electron chi connectivity index (χ0n) is 15.6. The minimum atomic E-state index is 0. The Morgan fingerprint density at radius 2 is 1.41 bits per heavy atom. The van der Waals surface area contributed by atoms with Gasteiger partial charge in [-0.3, -0.25) is 9.98 Å². The van der Waals surface area contributed by atoms with Crippen LogP contribution in [0.1, 0.15) is 11.1 Å². The number of hydrogen-bond donors (Lipinski definition) is 2. The van der Waals surface area contributed by atoms with Crippen molar-refractivity contribution in [3.8, 4) is 16.9 Å². The molecule has 2 aliphatic rings. The van der Waals surface area contributed by atoms with Crippen LogP contribution in [-0.4, -0.2) is 52.8 Å². The van der Waals surface area contributed by atoms with Crippen LogP contribution in [0.4, 0.5) is 0 Å². The molecule has 7 nitrogen and oxygen atoms in total. The molecule has 1 aromatic heterocycles. The summed E-state index contributed by atoms with van der Waals surface area (Å²) in [5, 5.41) is 15.2. The monoisotopic (exact) mass is 429 g/mol. The van der Waals surface area contributed by atoms with E-state index in [2.05, 4.69) is 67.3 Å². The van der Waals surface area contributed by atoms with Gasteiger partial charge >= 0.3 is 0 Å². The fourth-order valence-electron chi connectivity index (χ4n) is 3.30. The number of nitrogens with zero attached hydrogens (tertiary/aromatic N) is 5. The number of aromatic nitrogens is 3. The van der Waals surface area contributed by atoms with Crippen molar-refractivity contribution in [2.75, 3.05) is 26.2 Å². The summed E-state index contributed by atoms with van der Waals surface area (Å²) in [6.45, 7) is 3.47. The minimum absolute atomic E-state index is 0. The van der Waals surface area contributed by atoms with Gasteiger partial charge < -0.3 is 10.6 Å². The summed E-state index contributed by atoms with van der Waals surface area (Å²) in [6, 6.07) is 16.4. The molecular weight excluding hydrogens is 409 g/mol. The molecule has 0 amide bonds. The van der Waals surface area contributed by atoms with E-state index in [4.69, 9.17) is 0 Å². The molecule has 0 fully saturated rings. The first-order valence-corrected chi connectivity index (χ1v) is 9.07. The lowest BCUT2D eigenvalue weighted by Crippen LogP contribution is -2.19. The fourth-order valence-corrected chi connectivity index (χ4v) is 3.30. The highest BCUT2D eigenvalue weighted by Gasteiger charge is 2.12. The summed E-state index contributed by atoms with van der Waals surface area (Å²) < 4.78 is 1.80. The Labute approximate surface area is 181 Å². The molecule has 3 aromatic rings. The molecule has 29 heavy (non-hydrogen) atoms. The fraction of sp³-hybridized carbons (Fsp3) is 0.200. The van der Waals surface area contributed by atoms with Crippen molar-refractivity contribution < 1.29 is 0 Å². The Balaban J connectivity index is 0.00000120. The molecule has 5 rings (SSSR count). The molecule has 0 atom stereocenters. The van der Waals surface area contributed by atoms with Crippen LogP contribution in [0, 0.1) is 0 Å². The van der Waals surface area contributed by atoms with Gasteiger partial charge in [-0.2, -0.15) is 0 Å². The maximum Gasteiger partial charge on any atom is 0.128 e. The summed E-state index contributed by atoms with van der Waals surface area (Å²) in [7, 11) is 0. The molecule has 0 saturated heterocycles. The predicted octanol–water partition coefficient (Wildman–Crippen LogP) is 2.48. The molecule has 0 bridgehead atoms. The van der Waals surface area contributed by atoms with E-state index in [1.54, 1.807) is 4.68 Å². The highest BCUT2D eigenvalue weighted by molar-refractivity contribution is 6.00. The van der Waals surface area contributed by atoms with Gasteiger partial charge in [-0.1, -0.05) is 41.6 Å². The Hall–Kier alpha value is -2.90. The maximum absolute atomic E-state index is 4.48. The zero-order valence-corrected chi connectivity index (χ0v) is 17.2. The second kappa shape index (κ2) is 9.07. The SMILES string of the molecule is Cl.Cl.c1cc(C2=NCCN2)cc(-n2cc(-c3ccc(C4=NCCN4)cc3)nn2)c1. The predicted molar refractivity (Wildman–Crippen MR) is 120 cm³/mol. The highest BCUT2D eigenvalue weighted by atomic mass is 35.5. The van der Waals surface area contributed by atoms with Gasteiger partial charge in [0.1, 0.15) is 17.4 Å². The lowest BCUT2D eigenvalue weighted by molar-refractivity contribution is 0.803. The lowest BCUT2D eigenvalue weighted by atomic mass is 10.1. The number of hydrogen-bond acceptors (Lipinski definition) is 6. The highest BCUT2D eigenvalue weighted by Crippen LogP contribution is 2.19. The number of amidine groups is 2. The minimum Gasteiger partial charge on any atom is -0.368 e. The van der Waals surface area contributed by atoms with Crippen LogP contribution in [0.3, 0.4) is 0 Å². The summed E-state index contributed by atoms with van der Waals surface area (Å²) in [5.41, 5.74) is 4.99. The largest absolute Gasteiger partial charge is 0.368 e. The van der Waals surface area contributed by atoms with Crippen molar-refractivity contribution in [2.45, 2.75) is 0 Å². The summed E-state index contributed by atoms with van der Waals surface area (Å²) >= 11 is 0. The third-order valence-corrected chi connectivity index (χ3v) is 4.68. The smallest absolute Gasteiger partial charge is 0.128 e. The molecule has 150 valence electrons. The van der Waals surface area contributed by atoms with Gasteiger partial charge in [0.2, 0.25) is 0 Å². The number of nitrogens with one attached hydrogen (secondary N) is 2. The standard InChI is InChI=1S/C20H19N7.2ClH/c1-2-16(20-23-10-11-24-20)12-17(3-1)27-13-18(25-26-27)14-4-6-15(7-5-14)19-21-8-9-22-19;;/h1-7,12-13H,8-11H2,(H,21,22)(H,23,24);2*1H. The molecule has 3 heterocycles. The van der Waals surface area contributed by atoms with Gasteiger partial charge in [0.15, 0.2) is 0 Å². The van der Waals surface area contributed by atoms with Gasteiger partial charge in [-0.05, 0) is 12.1 Å². The van der Waals surface area contributed by atoms with E-state index < -0.39 is 0 Å². The average molecular weight is 430 g/mol. The second-order valence-electron chi connectivity index (χ2n) is 6.49. The van der Waals surface area contributed by atoms with Gasteiger partial charge in [0.25, 0.3) is 0 Å². The van der Waals surface area contributed by atoms with Crippen LogP contribution in [0.15, 0.2) is 64.7 Å². The van der Waals surface area contributed by atoms with Gasteiger partial charge in [-0.25, -0.2) is 4.68 Å². The Kier molecular flexibility index (Phi) is 6.51. The normalized spacial score (nSPS) is 14.8. The molecule has 0 spiro atoms. The van der Waals surface area contributed by atoms with E-state index in [9.17, 15) is 0 Å². The molecule has 2 N–H and O–H groups in total. The quantitative estimate of drug-likeness (QED) is 0.667. The number of benzene rings is 2. The molecule has 0 unspecified atom stereocenters. The van der Waals surface area contributed by atoms with Crippen LogP contribution in [0.25, 0.3) is 16.9 Å². The van der Waals surface area contributed by atoms with Gasteiger partial charge in [0.05, 0.1) is 25.0 Å². The second-order valence-corrected chi connectivity index (χ2v) is 6.49. The van der Waals surface area contributed by atoms with Gasteiger partial charge in [-0.15, -0.1) is 29.9 Å². The summed E-state index contributed by atoms with van der Waals surface area (Å²) in [4.78, 5) is 8.93. The molecule has 2 aliphatic heterocycles. The lowest BCUT2D eigenvalue weighted by Gasteiger charge is -2.05. The van der Waals surface area contributed by atoms with Crippen LogP contribution in [0.5, 0.6) is 0 Å². The number of halogens is 2. The number of rotatable bonds is 4. The van der Waals surface area contributed by atoms with E-state index in [-0.39, 0.29) is 24.8 Å². The van der Waals surface area contributed by atoms with Crippen molar-refractivity contribution in [3.63, 3.8) is 0 Å². The van der Waals surface area contributed by atoms with Crippen molar-refractivity contribution in [1.82, 2.24) is 25.6 Å². The molecular formula is C20H21Cl2N7. The maximum atomic E-state index is 4.48. The van der Waals surface area contributed by atoms with Crippen molar-refractivity contribution in [1.29, 1.82) is 0 Å². The Bertz CT molecular complexity index is 1040. The van der Waals surface area contributed by atoms with E-state index in [0.29, 0.717) is 0 Å². The zero-order chi connectivity index (χ0) is 18.1. The van der Waals surface area contributed by atoms with Gasteiger partial charge in [0, 0.05) is 29.8 Å². The molecule has 2 aromatic carbocycles.